The lowest BCUT2D eigenvalue weighted by Gasteiger charge is -2.18. The van der Waals surface area contributed by atoms with E-state index in [2.05, 4.69) is 20.2 Å². The number of nitrogens with one attached hydrogen (secondary N) is 1. The van der Waals surface area contributed by atoms with Crippen LogP contribution in [-0.2, 0) is 10.5 Å². The van der Waals surface area contributed by atoms with Crippen LogP contribution in [0.25, 0.3) is 0 Å². The number of hydrogen-bond acceptors (Lipinski definition) is 7. The first kappa shape index (κ1) is 16.7. The quantitative estimate of drug-likeness (QED) is 0.657. The third-order valence-electron chi connectivity index (χ3n) is 2.94. The minimum absolute atomic E-state index is 0.132. The van der Waals surface area contributed by atoms with Crippen LogP contribution in [0.1, 0.15) is 12.6 Å². The molecule has 0 radical (unpaired) electrons. The van der Waals surface area contributed by atoms with E-state index in [0.29, 0.717) is 26.8 Å². The molecular weight excluding hydrogens is 368 g/mol. The van der Waals surface area contributed by atoms with Gasteiger partial charge in [0.25, 0.3) is 0 Å². The molecule has 2 heterocycles. The van der Waals surface area contributed by atoms with Crippen LogP contribution in [0.15, 0.2) is 34.8 Å². The van der Waals surface area contributed by atoms with Crippen molar-refractivity contribution in [2.45, 2.75) is 17.8 Å². The first-order valence-electron chi connectivity index (χ1n) is 6.84. The van der Waals surface area contributed by atoms with E-state index in [0.717, 1.165) is 5.69 Å². The Morgan fingerprint density at radius 2 is 2.29 bits per heavy atom. The van der Waals surface area contributed by atoms with E-state index in [4.69, 9.17) is 17.3 Å². The number of benzene rings is 1. The zero-order valence-electron chi connectivity index (χ0n) is 12.6. The molecule has 0 fully saturated rings. The maximum atomic E-state index is 12.1. The topological polar surface area (TPSA) is 101 Å². The van der Waals surface area contributed by atoms with Crippen LogP contribution in [0.5, 0.6) is 0 Å². The smallest absolute Gasteiger partial charge is 0.230 e. The zero-order valence-corrected chi connectivity index (χ0v) is 15.0. The Morgan fingerprint density at radius 1 is 1.46 bits per heavy atom. The van der Waals surface area contributed by atoms with Gasteiger partial charge in [-0.3, -0.25) is 9.69 Å². The highest BCUT2D eigenvalue weighted by Gasteiger charge is 2.18. The van der Waals surface area contributed by atoms with Crippen molar-refractivity contribution in [2.75, 3.05) is 10.6 Å². The van der Waals surface area contributed by atoms with Crippen molar-refractivity contribution in [3.63, 3.8) is 0 Å². The molecule has 0 saturated heterocycles. The monoisotopic (exact) mass is 380 g/mol. The summed E-state index contributed by atoms with van der Waals surface area (Å²) in [6.45, 7) is 1.49. The second-order valence-corrected chi connectivity index (χ2v) is 6.96. The van der Waals surface area contributed by atoms with E-state index in [9.17, 15) is 4.79 Å². The van der Waals surface area contributed by atoms with Gasteiger partial charge < -0.3 is 5.73 Å². The van der Waals surface area contributed by atoms with Crippen LogP contribution >= 0.6 is 34.7 Å². The molecule has 1 amide bonds. The maximum Gasteiger partial charge on any atom is 0.230 e. The van der Waals surface area contributed by atoms with Gasteiger partial charge in [-0.1, -0.05) is 29.4 Å². The normalized spacial score (nSPS) is 10.8. The van der Waals surface area contributed by atoms with E-state index < -0.39 is 0 Å². The van der Waals surface area contributed by atoms with Gasteiger partial charge in [0.15, 0.2) is 5.13 Å². The summed E-state index contributed by atoms with van der Waals surface area (Å²) in [4.78, 5) is 22.1. The lowest BCUT2D eigenvalue weighted by atomic mass is 10.3. The van der Waals surface area contributed by atoms with E-state index in [1.807, 2.05) is 11.4 Å². The Labute approximate surface area is 151 Å². The van der Waals surface area contributed by atoms with Crippen LogP contribution in [-0.4, -0.2) is 26.1 Å². The molecular formula is C14H13ClN6OS2. The minimum atomic E-state index is -0.132. The molecule has 0 unspecified atom stereocenters. The SMILES string of the molecule is CC(=O)N(c1cccc(Cl)c1)c1nc(CSc2n[nH]c(N)n2)cs1. The van der Waals surface area contributed by atoms with Gasteiger partial charge in [0.1, 0.15) is 0 Å². The molecule has 10 heteroatoms. The molecule has 124 valence electrons. The van der Waals surface area contributed by atoms with Crippen LogP contribution in [0.3, 0.4) is 0 Å². The Morgan fingerprint density at radius 3 is 2.96 bits per heavy atom. The number of rotatable bonds is 5. The summed E-state index contributed by atoms with van der Waals surface area (Å²) in [7, 11) is 0. The number of amides is 1. The lowest BCUT2D eigenvalue weighted by molar-refractivity contribution is -0.115. The molecule has 3 aromatic rings. The second-order valence-electron chi connectivity index (χ2n) is 4.75. The summed E-state index contributed by atoms with van der Waals surface area (Å²) in [6, 6.07) is 7.11. The second kappa shape index (κ2) is 7.20. The van der Waals surface area contributed by atoms with Gasteiger partial charge in [-0.05, 0) is 18.2 Å². The Bertz CT molecular complexity index is 864. The number of carbonyl (C=O) groups is 1. The van der Waals surface area contributed by atoms with Gasteiger partial charge in [-0.15, -0.1) is 16.4 Å². The van der Waals surface area contributed by atoms with Gasteiger partial charge >= 0.3 is 0 Å². The third-order valence-corrected chi connectivity index (χ3v) is 4.93. The van der Waals surface area contributed by atoms with Crippen LogP contribution in [0.2, 0.25) is 5.02 Å². The fourth-order valence-corrected chi connectivity index (χ4v) is 3.84. The molecule has 0 spiro atoms. The molecule has 3 rings (SSSR count). The number of nitrogen functional groups attached to an aromatic ring is 1. The molecule has 3 N–H and O–H groups in total. The Kier molecular flexibility index (Phi) is 5.03. The van der Waals surface area contributed by atoms with Crippen molar-refractivity contribution in [1.29, 1.82) is 0 Å². The lowest BCUT2D eigenvalue weighted by Crippen LogP contribution is -2.22. The van der Waals surface area contributed by atoms with Crippen molar-refractivity contribution in [2.24, 2.45) is 0 Å². The predicted octanol–water partition coefficient (Wildman–Crippen LogP) is 3.47. The Hall–Kier alpha value is -2.10. The average Bonchev–Trinajstić information content (AvgIpc) is 3.14. The first-order chi connectivity index (χ1) is 11.5. The molecule has 0 aliphatic rings. The van der Waals surface area contributed by atoms with Crippen molar-refractivity contribution in [3.8, 4) is 0 Å². The van der Waals surface area contributed by atoms with Gasteiger partial charge in [-0.2, -0.15) is 4.98 Å². The van der Waals surface area contributed by atoms with Gasteiger partial charge in [0.2, 0.25) is 17.0 Å². The minimum Gasteiger partial charge on any atom is -0.368 e. The number of anilines is 3. The number of H-pyrrole nitrogens is 1. The molecule has 7 nitrogen and oxygen atoms in total. The fraction of sp³-hybridized carbons (Fsp3) is 0.143. The van der Waals surface area contributed by atoms with Gasteiger partial charge in [0, 0.05) is 23.1 Å². The number of thioether (sulfide) groups is 1. The summed E-state index contributed by atoms with van der Waals surface area (Å²) in [5.74, 6) is 0.725. The van der Waals surface area contributed by atoms with Crippen molar-refractivity contribution >= 4 is 57.4 Å². The highest BCUT2D eigenvalue weighted by molar-refractivity contribution is 7.98. The molecule has 0 saturated carbocycles. The summed E-state index contributed by atoms with van der Waals surface area (Å²) in [5.41, 5.74) is 7.01. The summed E-state index contributed by atoms with van der Waals surface area (Å²) in [6.07, 6.45) is 0. The van der Waals surface area contributed by atoms with E-state index in [1.165, 1.54) is 34.9 Å². The van der Waals surface area contributed by atoms with Gasteiger partial charge in [0.05, 0.1) is 11.4 Å². The number of hydrogen-bond donors (Lipinski definition) is 2. The molecule has 2 aromatic heterocycles. The van der Waals surface area contributed by atoms with E-state index in [-0.39, 0.29) is 11.9 Å². The van der Waals surface area contributed by atoms with Gasteiger partial charge in [-0.25, -0.2) is 10.1 Å². The highest BCUT2D eigenvalue weighted by atomic mass is 35.5. The van der Waals surface area contributed by atoms with Crippen molar-refractivity contribution < 1.29 is 4.79 Å². The number of thiazole rings is 1. The maximum absolute atomic E-state index is 12.1. The molecule has 1 aromatic carbocycles. The van der Waals surface area contributed by atoms with Crippen molar-refractivity contribution in [3.05, 3.63) is 40.4 Å². The van der Waals surface area contributed by atoms with E-state index >= 15 is 0 Å². The molecule has 0 aliphatic heterocycles. The van der Waals surface area contributed by atoms with Crippen molar-refractivity contribution in [1.82, 2.24) is 20.2 Å². The Balaban J connectivity index is 1.78. The third kappa shape index (κ3) is 3.86. The largest absolute Gasteiger partial charge is 0.368 e. The van der Waals surface area contributed by atoms with Crippen LogP contribution in [0, 0.1) is 0 Å². The molecule has 0 aliphatic carbocycles. The number of carbonyl (C=O) groups excluding carboxylic acids is 1. The number of nitrogens with two attached hydrogens (primary N) is 1. The molecule has 0 bridgehead atoms. The zero-order chi connectivity index (χ0) is 17.1. The number of halogens is 1. The number of aromatic amines is 1. The molecule has 0 atom stereocenters. The summed E-state index contributed by atoms with van der Waals surface area (Å²) < 4.78 is 0. The average molecular weight is 381 g/mol. The number of nitrogens with zero attached hydrogens (tertiary/aromatic N) is 4. The first-order valence-corrected chi connectivity index (χ1v) is 9.08. The predicted molar refractivity (Wildman–Crippen MR) is 96.7 cm³/mol. The molecule has 24 heavy (non-hydrogen) atoms. The fourth-order valence-electron chi connectivity index (χ4n) is 1.97. The summed E-state index contributed by atoms with van der Waals surface area (Å²) in [5, 5.41) is 10.2. The van der Waals surface area contributed by atoms with Crippen LogP contribution < -0.4 is 10.6 Å². The van der Waals surface area contributed by atoms with Crippen LogP contribution in [0.4, 0.5) is 16.8 Å². The highest BCUT2D eigenvalue weighted by Crippen LogP contribution is 2.31. The number of aromatic nitrogens is 4. The van der Waals surface area contributed by atoms with E-state index in [1.54, 1.807) is 18.2 Å². The standard InChI is InChI=1S/C14H13ClN6OS2/c1-8(22)21(11-4-2-3-9(15)5-11)14-17-10(7-24-14)6-23-13-18-12(16)19-20-13/h2-5,7H,6H2,1H3,(H3,16,18,19,20). The summed E-state index contributed by atoms with van der Waals surface area (Å²) >= 11 is 8.82.